The summed E-state index contributed by atoms with van der Waals surface area (Å²) in [6, 6.07) is 4.48. The number of halogens is 2. The average molecular weight is 286 g/mol. The van der Waals surface area contributed by atoms with Crippen molar-refractivity contribution in [3.63, 3.8) is 0 Å². The minimum Gasteiger partial charge on any atom is -0.309 e. The topological polar surface area (TPSA) is 12.0 Å². The second-order valence-corrected chi connectivity index (χ2v) is 6.46. The van der Waals surface area contributed by atoms with E-state index in [1.54, 1.807) is 11.3 Å². The number of hydrogen-bond donors (Lipinski definition) is 1. The molecule has 4 heteroatoms. The zero-order valence-electron chi connectivity index (χ0n) is 9.52. The van der Waals surface area contributed by atoms with E-state index in [1.807, 2.05) is 12.1 Å². The molecule has 1 aromatic carbocycles. The fourth-order valence-electron chi connectivity index (χ4n) is 2.01. The molecule has 1 saturated carbocycles. The summed E-state index contributed by atoms with van der Waals surface area (Å²) in [5, 5.41) is 6.26. The first kappa shape index (κ1) is 11.8. The van der Waals surface area contributed by atoms with Gasteiger partial charge in [-0.2, -0.15) is 0 Å². The average Bonchev–Trinajstić information content (AvgIpc) is 3.06. The van der Waals surface area contributed by atoms with Gasteiger partial charge in [0, 0.05) is 27.9 Å². The summed E-state index contributed by atoms with van der Waals surface area (Å²) < 4.78 is 1.12. The zero-order chi connectivity index (χ0) is 12.0. The third-order valence-corrected chi connectivity index (χ3v) is 5.27. The van der Waals surface area contributed by atoms with Gasteiger partial charge in [-0.1, -0.05) is 23.2 Å². The highest BCUT2D eigenvalue weighted by atomic mass is 35.5. The highest BCUT2D eigenvalue weighted by Gasteiger charge is 2.21. The fraction of sp³-hybridized carbons (Fsp3) is 0.385. The maximum atomic E-state index is 6.25. The van der Waals surface area contributed by atoms with E-state index < -0.39 is 0 Å². The van der Waals surface area contributed by atoms with Gasteiger partial charge in [-0.3, -0.25) is 0 Å². The molecule has 90 valence electrons. The van der Waals surface area contributed by atoms with Crippen LogP contribution in [0, 0.1) is 6.92 Å². The van der Waals surface area contributed by atoms with Gasteiger partial charge < -0.3 is 5.32 Å². The Hall–Kier alpha value is -0.280. The van der Waals surface area contributed by atoms with Gasteiger partial charge in [0.25, 0.3) is 0 Å². The van der Waals surface area contributed by atoms with Crippen LogP contribution in [0.15, 0.2) is 12.1 Å². The van der Waals surface area contributed by atoms with E-state index in [-0.39, 0.29) is 0 Å². The van der Waals surface area contributed by atoms with Gasteiger partial charge in [0.05, 0.1) is 9.72 Å². The first-order chi connectivity index (χ1) is 8.16. The molecule has 1 nitrogen and oxygen atoms in total. The lowest BCUT2D eigenvalue weighted by Crippen LogP contribution is -2.14. The Balaban J connectivity index is 2.03. The molecule has 0 atom stereocenters. The molecule has 0 amide bonds. The summed E-state index contributed by atoms with van der Waals surface area (Å²) >= 11 is 14.2. The van der Waals surface area contributed by atoms with Crippen molar-refractivity contribution in [1.29, 1.82) is 0 Å². The third kappa shape index (κ3) is 2.19. The Morgan fingerprint density at radius 2 is 2.00 bits per heavy atom. The van der Waals surface area contributed by atoms with Crippen LogP contribution >= 0.6 is 34.5 Å². The molecule has 1 N–H and O–H groups in total. The van der Waals surface area contributed by atoms with Crippen molar-refractivity contribution in [3.8, 4) is 0 Å². The predicted octanol–water partition coefficient (Wildman–Crippen LogP) is 4.77. The highest BCUT2D eigenvalue weighted by Crippen LogP contribution is 2.39. The van der Waals surface area contributed by atoms with Crippen LogP contribution in [-0.4, -0.2) is 6.04 Å². The summed E-state index contributed by atoms with van der Waals surface area (Å²) in [6.07, 6.45) is 2.62. The Morgan fingerprint density at radius 3 is 2.65 bits per heavy atom. The number of nitrogens with one attached hydrogen (secondary N) is 1. The molecular formula is C13H13Cl2NS. The molecule has 0 spiro atoms. The Labute approximate surface area is 115 Å². The van der Waals surface area contributed by atoms with Crippen molar-refractivity contribution >= 4 is 44.6 Å². The van der Waals surface area contributed by atoms with Gasteiger partial charge in [-0.15, -0.1) is 11.3 Å². The summed E-state index contributed by atoms with van der Waals surface area (Å²) in [5.41, 5.74) is 1.27. The monoisotopic (exact) mass is 285 g/mol. The van der Waals surface area contributed by atoms with E-state index in [0.717, 1.165) is 32.7 Å². The number of thiophene rings is 1. The fourth-order valence-corrected chi connectivity index (χ4v) is 3.83. The lowest BCUT2D eigenvalue weighted by Gasteiger charge is -2.01. The van der Waals surface area contributed by atoms with E-state index in [2.05, 4.69) is 12.2 Å². The molecule has 1 heterocycles. The van der Waals surface area contributed by atoms with Crippen molar-refractivity contribution in [2.45, 2.75) is 32.4 Å². The minimum atomic E-state index is 0.727. The number of aryl methyl sites for hydroxylation is 1. The Kier molecular flexibility index (Phi) is 3.07. The molecule has 1 aliphatic carbocycles. The molecule has 1 aromatic heterocycles. The van der Waals surface area contributed by atoms with Crippen LogP contribution in [0.25, 0.3) is 10.1 Å². The molecular weight excluding hydrogens is 273 g/mol. The van der Waals surface area contributed by atoms with Gasteiger partial charge in [0.2, 0.25) is 0 Å². The van der Waals surface area contributed by atoms with E-state index in [1.165, 1.54) is 23.3 Å². The lowest BCUT2D eigenvalue weighted by molar-refractivity contribution is 0.693. The van der Waals surface area contributed by atoms with Gasteiger partial charge in [0.15, 0.2) is 0 Å². The van der Waals surface area contributed by atoms with E-state index in [9.17, 15) is 0 Å². The van der Waals surface area contributed by atoms with E-state index >= 15 is 0 Å². The Bertz CT molecular complexity index is 572. The van der Waals surface area contributed by atoms with Crippen LogP contribution in [0.2, 0.25) is 10.0 Å². The lowest BCUT2D eigenvalue weighted by atomic mass is 10.1. The van der Waals surface area contributed by atoms with Crippen molar-refractivity contribution < 1.29 is 0 Å². The molecule has 0 radical (unpaired) electrons. The Morgan fingerprint density at radius 1 is 1.29 bits per heavy atom. The van der Waals surface area contributed by atoms with Gasteiger partial charge >= 0.3 is 0 Å². The van der Waals surface area contributed by atoms with Gasteiger partial charge in [0.1, 0.15) is 0 Å². The first-order valence-electron chi connectivity index (χ1n) is 5.76. The second-order valence-electron chi connectivity index (χ2n) is 4.54. The summed E-state index contributed by atoms with van der Waals surface area (Å²) in [5.74, 6) is 0. The molecule has 17 heavy (non-hydrogen) atoms. The molecule has 3 rings (SSSR count). The molecule has 0 saturated heterocycles. The predicted molar refractivity (Wildman–Crippen MR) is 76.4 cm³/mol. The van der Waals surface area contributed by atoms with Crippen LogP contribution in [0.1, 0.15) is 23.3 Å². The second kappa shape index (κ2) is 4.43. The molecule has 0 bridgehead atoms. The number of rotatable bonds is 3. The van der Waals surface area contributed by atoms with Crippen LogP contribution in [-0.2, 0) is 6.54 Å². The third-order valence-electron chi connectivity index (χ3n) is 3.21. The number of benzene rings is 1. The maximum absolute atomic E-state index is 6.25. The van der Waals surface area contributed by atoms with E-state index in [4.69, 9.17) is 23.2 Å². The summed E-state index contributed by atoms with van der Waals surface area (Å²) in [4.78, 5) is 1.35. The maximum Gasteiger partial charge on any atom is 0.0585 e. The van der Waals surface area contributed by atoms with Crippen molar-refractivity contribution in [2.24, 2.45) is 0 Å². The minimum absolute atomic E-state index is 0.727. The standard InChI is InChI=1S/C13H13Cl2NS/c1-7-11(6-16-8-2-3-8)17-13-10(15)5-4-9(14)12(7)13/h4-5,8,16H,2-3,6H2,1H3. The quantitative estimate of drug-likeness (QED) is 0.857. The SMILES string of the molecule is Cc1c(CNC2CC2)sc2c(Cl)ccc(Cl)c12. The summed E-state index contributed by atoms with van der Waals surface area (Å²) in [7, 11) is 0. The number of hydrogen-bond acceptors (Lipinski definition) is 2. The van der Waals surface area contributed by atoms with Crippen molar-refractivity contribution in [3.05, 3.63) is 32.6 Å². The van der Waals surface area contributed by atoms with Gasteiger partial charge in [-0.25, -0.2) is 0 Å². The summed E-state index contributed by atoms with van der Waals surface area (Å²) in [6.45, 7) is 3.06. The van der Waals surface area contributed by atoms with Crippen molar-refractivity contribution in [2.75, 3.05) is 0 Å². The molecule has 0 aliphatic heterocycles. The molecule has 0 unspecified atom stereocenters. The van der Waals surface area contributed by atoms with Crippen LogP contribution < -0.4 is 5.32 Å². The highest BCUT2D eigenvalue weighted by molar-refractivity contribution is 7.20. The molecule has 1 aliphatic rings. The number of fused-ring (bicyclic) bond motifs is 1. The largest absolute Gasteiger partial charge is 0.309 e. The molecule has 2 aromatic rings. The van der Waals surface area contributed by atoms with Crippen LogP contribution in [0.4, 0.5) is 0 Å². The smallest absolute Gasteiger partial charge is 0.0585 e. The normalized spacial score (nSPS) is 15.7. The van der Waals surface area contributed by atoms with Crippen LogP contribution in [0.5, 0.6) is 0 Å². The van der Waals surface area contributed by atoms with Crippen molar-refractivity contribution in [1.82, 2.24) is 5.32 Å². The first-order valence-corrected chi connectivity index (χ1v) is 7.33. The van der Waals surface area contributed by atoms with Crippen LogP contribution in [0.3, 0.4) is 0 Å². The zero-order valence-corrected chi connectivity index (χ0v) is 11.8. The van der Waals surface area contributed by atoms with Gasteiger partial charge in [-0.05, 0) is 37.5 Å². The molecule has 1 fully saturated rings. The van der Waals surface area contributed by atoms with E-state index in [0.29, 0.717) is 0 Å².